The van der Waals surface area contributed by atoms with Crippen molar-refractivity contribution in [3.8, 4) is 0 Å². The zero-order valence-electron chi connectivity index (χ0n) is 11.2. The molecule has 98 valence electrons. The van der Waals surface area contributed by atoms with Crippen molar-refractivity contribution < 1.29 is 9.53 Å². The zero-order valence-corrected chi connectivity index (χ0v) is 12.0. The lowest BCUT2D eigenvalue weighted by molar-refractivity contribution is -0.137. The molecule has 0 amide bonds. The van der Waals surface area contributed by atoms with Crippen LogP contribution in [0.5, 0.6) is 0 Å². The van der Waals surface area contributed by atoms with Gasteiger partial charge in [-0.25, -0.2) is 4.79 Å². The van der Waals surface area contributed by atoms with Crippen molar-refractivity contribution in [2.75, 3.05) is 12.4 Å². The third-order valence-electron chi connectivity index (χ3n) is 2.43. The average Bonchev–Trinajstić information content (AvgIpc) is 2.35. The number of rotatable bonds is 6. The monoisotopic (exact) mass is 264 g/mol. The number of carbonyl (C=O) groups is 1. The van der Waals surface area contributed by atoms with E-state index in [2.05, 4.69) is 38.1 Å². The molecule has 0 bridgehead atoms. The SMILES string of the molecule is CCOC(=O)/C=C/CSc1ccc(C(C)C)cc1. The molecule has 18 heavy (non-hydrogen) atoms. The minimum Gasteiger partial charge on any atom is -0.463 e. The summed E-state index contributed by atoms with van der Waals surface area (Å²) in [4.78, 5) is 12.3. The second-order valence-corrected chi connectivity index (χ2v) is 5.28. The lowest BCUT2D eigenvalue weighted by Gasteiger charge is -2.05. The number of ether oxygens (including phenoxy) is 1. The second kappa shape index (κ2) is 7.98. The smallest absolute Gasteiger partial charge is 0.330 e. The molecule has 0 N–H and O–H groups in total. The van der Waals surface area contributed by atoms with E-state index >= 15 is 0 Å². The first kappa shape index (κ1) is 14.8. The summed E-state index contributed by atoms with van der Waals surface area (Å²) >= 11 is 1.71. The molecule has 0 aliphatic carbocycles. The molecule has 3 heteroatoms. The molecule has 1 rings (SSSR count). The Labute approximate surface area is 113 Å². The third-order valence-corrected chi connectivity index (χ3v) is 3.40. The van der Waals surface area contributed by atoms with Gasteiger partial charge in [0.15, 0.2) is 0 Å². The third kappa shape index (κ3) is 5.41. The number of esters is 1. The predicted molar refractivity (Wildman–Crippen MR) is 77.0 cm³/mol. The molecular weight excluding hydrogens is 244 g/mol. The van der Waals surface area contributed by atoms with Gasteiger partial charge in [0.2, 0.25) is 0 Å². The van der Waals surface area contributed by atoms with Crippen LogP contribution in [0, 0.1) is 0 Å². The maximum absolute atomic E-state index is 11.1. The van der Waals surface area contributed by atoms with Crippen LogP contribution in [-0.2, 0) is 9.53 Å². The Balaban J connectivity index is 2.37. The maximum atomic E-state index is 11.1. The second-order valence-electron chi connectivity index (χ2n) is 4.19. The Bertz CT molecular complexity index is 393. The van der Waals surface area contributed by atoms with Crippen molar-refractivity contribution in [2.24, 2.45) is 0 Å². The minimum absolute atomic E-state index is 0.270. The van der Waals surface area contributed by atoms with E-state index in [4.69, 9.17) is 4.74 Å². The van der Waals surface area contributed by atoms with Crippen LogP contribution in [0.2, 0.25) is 0 Å². The van der Waals surface area contributed by atoms with E-state index in [0.29, 0.717) is 12.5 Å². The summed E-state index contributed by atoms with van der Waals surface area (Å²) in [5.74, 6) is 1.07. The van der Waals surface area contributed by atoms with E-state index < -0.39 is 0 Å². The van der Waals surface area contributed by atoms with E-state index in [1.54, 1.807) is 18.7 Å². The van der Waals surface area contributed by atoms with Crippen molar-refractivity contribution in [1.82, 2.24) is 0 Å². The van der Waals surface area contributed by atoms with Crippen molar-refractivity contribution in [3.63, 3.8) is 0 Å². The van der Waals surface area contributed by atoms with Gasteiger partial charge in [0.1, 0.15) is 0 Å². The first-order chi connectivity index (χ1) is 8.63. The van der Waals surface area contributed by atoms with Crippen LogP contribution in [0.4, 0.5) is 0 Å². The van der Waals surface area contributed by atoms with E-state index in [1.165, 1.54) is 16.5 Å². The molecule has 0 aliphatic rings. The number of benzene rings is 1. The normalized spacial score (nSPS) is 11.1. The molecule has 0 heterocycles. The van der Waals surface area contributed by atoms with Gasteiger partial charge in [-0.05, 0) is 30.5 Å². The van der Waals surface area contributed by atoms with Gasteiger partial charge in [-0.15, -0.1) is 11.8 Å². The highest BCUT2D eigenvalue weighted by Crippen LogP contribution is 2.21. The van der Waals surface area contributed by atoms with Crippen molar-refractivity contribution >= 4 is 17.7 Å². The number of hydrogen-bond acceptors (Lipinski definition) is 3. The van der Waals surface area contributed by atoms with Crippen LogP contribution in [0.15, 0.2) is 41.3 Å². The average molecular weight is 264 g/mol. The molecule has 0 aromatic heterocycles. The van der Waals surface area contributed by atoms with Gasteiger partial charge >= 0.3 is 5.97 Å². The van der Waals surface area contributed by atoms with Gasteiger partial charge in [0, 0.05) is 16.7 Å². The fourth-order valence-corrected chi connectivity index (χ4v) is 2.14. The van der Waals surface area contributed by atoms with Crippen molar-refractivity contribution in [3.05, 3.63) is 42.0 Å². The molecule has 0 saturated heterocycles. The van der Waals surface area contributed by atoms with E-state index in [0.717, 1.165) is 5.75 Å². The summed E-state index contributed by atoms with van der Waals surface area (Å²) in [7, 11) is 0. The summed E-state index contributed by atoms with van der Waals surface area (Å²) in [6, 6.07) is 8.56. The summed E-state index contributed by atoms with van der Waals surface area (Å²) in [5, 5.41) is 0. The molecule has 2 nitrogen and oxygen atoms in total. The summed E-state index contributed by atoms with van der Waals surface area (Å²) in [6.45, 7) is 6.60. The molecule has 0 radical (unpaired) electrons. The number of carbonyl (C=O) groups excluding carboxylic acids is 1. The molecule has 1 aromatic carbocycles. The predicted octanol–water partition coefficient (Wildman–Crippen LogP) is 4.02. The molecule has 0 aliphatic heterocycles. The van der Waals surface area contributed by atoms with Gasteiger partial charge in [-0.2, -0.15) is 0 Å². The van der Waals surface area contributed by atoms with E-state index in [-0.39, 0.29) is 5.97 Å². The number of thioether (sulfide) groups is 1. The maximum Gasteiger partial charge on any atom is 0.330 e. The largest absolute Gasteiger partial charge is 0.463 e. The Morgan fingerprint density at radius 3 is 2.56 bits per heavy atom. The van der Waals surface area contributed by atoms with Crippen molar-refractivity contribution in [1.29, 1.82) is 0 Å². The van der Waals surface area contributed by atoms with Gasteiger partial charge in [-0.3, -0.25) is 0 Å². The molecular formula is C15H20O2S. The fourth-order valence-electron chi connectivity index (χ4n) is 1.43. The van der Waals surface area contributed by atoms with Crippen LogP contribution in [0.1, 0.15) is 32.3 Å². The molecule has 0 unspecified atom stereocenters. The Morgan fingerprint density at radius 2 is 2.00 bits per heavy atom. The molecule has 0 saturated carbocycles. The van der Waals surface area contributed by atoms with Gasteiger partial charge in [0.05, 0.1) is 6.61 Å². The van der Waals surface area contributed by atoms with E-state index in [9.17, 15) is 4.79 Å². The lowest BCUT2D eigenvalue weighted by atomic mass is 10.0. The lowest BCUT2D eigenvalue weighted by Crippen LogP contribution is -1.98. The fraction of sp³-hybridized carbons (Fsp3) is 0.400. The summed E-state index contributed by atoms with van der Waals surface area (Å²) in [5.41, 5.74) is 1.35. The Morgan fingerprint density at radius 1 is 1.33 bits per heavy atom. The topological polar surface area (TPSA) is 26.3 Å². The highest BCUT2D eigenvalue weighted by molar-refractivity contribution is 7.99. The molecule has 0 fully saturated rings. The molecule has 1 aromatic rings. The highest BCUT2D eigenvalue weighted by Gasteiger charge is 1.99. The van der Waals surface area contributed by atoms with Gasteiger partial charge in [0.25, 0.3) is 0 Å². The minimum atomic E-state index is -0.270. The Hall–Kier alpha value is -1.22. The van der Waals surface area contributed by atoms with Crippen LogP contribution in [0.3, 0.4) is 0 Å². The molecule has 0 spiro atoms. The van der Waals surface area contributed by atoms with Crippen LogP contribution in [0.25, 0.3) is 0 Å². The van der Waals surface area contributed by atoms with Crippen LogP contribution in [-0.4, -0.2) is 18.3 Å². The first-order valence-electron chi connectivity index (χ1n) is 6.19. The highest BCUT2D eigenvalue weighted by atomic mass is 32.2. The van der Waals surface area contributed by atoms with Gasteiger partial charge in [-0.1, -0.05) is 32.1 Å². The van der Waals surface area contributed by atoms with Crippen LogP contribution < -0.4 is 0 Å². The quantitative estimate of drug-likeness (QED) is 0.441. The van der Waals surface area contributed by atoms with Gasteiger partial charge < -0.3 is 4.74 Å². The van der Waals surface area contributed by atoms with Crippen LogP contribution >= 0.6 is 11.8 Å². The zero-order chi connectivity index (χ0) is 13.4. The number of hydrogen-bond donors (Lipinski definition) is 0. The van der Waals surface area contributed by atoms with Crippen molar-refractivity contribution in [2.45, 2.75) is 31.6 Å². The molecule has 0 atom stereocenters. The Kier molecular flexibility index (Phi) is 6.58. The summed E-state index contributed by atoms with van der Waals surface area (Å²) < 4.78 is 4.80. The van der Waals surface area contributed by atoms with E-state index in [1.807, 2.05) is 6.08 Å². The standard InChI is InChI=1S/C15H20O2S/c1-4-17-15(16)6-5-11-18-14-9-7-13(8-10-14)12(2)3/h5-10,12H,4,11H2,1-3H3/b6-5+. The summed E-state index contributed by atoms with van der Waals surface area (Å²) in [6.07, 6.45) is 3.32. The first-order valence-corrected chi connectivity index (χ1v) is 7.18.